The number of amides is 1. The minimum Gasteiger partial charge on any atom is -0.480 e. The number of aromatic nitrogens is 2. The van der Waals surface area contributed by atoms with E-state index in [1.807, 2.05) is 19.1 Å². The molecule has 0 bridgehead atoms. The van der Waals surface area contributed by atoms with Crippen molar-refractivity contribution in [3.63, 3.8) is 0 Å². The predicted molar refractivity (Wildman–Crippen MR) is 114 cm³/mol. The molecule has 2 aromatic carbocycles. The Bertz CT molecular complexity index is 1320. The fourth-order valence-electron chi connectivity index (χ4n) is 3.00. The van der Waals surface area contributed by atoms with Crippen molar-refractivity contribution in [3.05, 3.63) is 64.4 Å². The van der Waals surface area contributed by atoms with E-state index in [9.17, 15) is 19.5 Å². The summed E-state index contributed by atoms with van der Waals surface area (Å²) in [6, 6.07) is 14.4. The maximum atomic E-state index is 12.9. The van der Waals surface area contributed by atoms with E-state index in [-0.39, 0.29) is 22.4 Å². The highest BCUT2D eigenvalue weighted by Gasteiger charge is 2.20. The van der Waals surface area contributed by atoms with Crippen molar-refractivity contribution in [1.29, 1.82) is 0 Å². The molecule has 0 saturated carbocycles. The zero-order valence-electron chi connectivity index (χ0n) is 15.9. The average molecular weight is 423 g/mol. The smallest absolute Gasteiger partial charge is 0.323 e. The first-order chi connectivity index (χ1) is 14.4. The summed E-state index contributed by atoms with van der Waals surface area (Å²) in [6.45, 7) is 1.37. The number of anilines is 1. The monoisotopic (exact) mass is 423 g/mol. The topological polar surface area (TPSA) is 114 Å². The summed E-state index contributed by atoms with van der Waals surface area (Å²) in [6.07, 6.45) is 0. The molecule has 9 heteroatoms. The first-order valence-corrected chi connectivity index (χ1v) is 10.0. The number of nitrogens with zero attached hydrogens (tertiary/aromatic N) is 2. The predicted octanol–water partition coefficient (Wildman–Crippen LogP) is 3.27. The molecule has 152 valence electrons. The number of carbonyl (C=O) groups excluding carboxylic acids is 1. The maximum absolute atomic E-state index is 12.9. The van der Waals surface area contributed by atoms with E-state index >= 15 is 0 Å². The number of furan rings is 1. The second-order valence-electron chi connectivity index (χ2n) is 6.66. The lowest BCUT2D eigenvalue weighted by molar-refractivity contribution is -0.137. The van der Waals surface area contributed by atoms with Gasteiger partial charge in [-0.1, -0.05) is 41.6 Å². The zero-order valence-corrected chi connectivity index (χ0v) is 16.7. The highest BCUT2D eigenvalue weighted by atomic mass is 32.2. The quantitative estimate of drug-likeness (QED) is 0.361. The van der Waals surface area contributed by atoms with Crippen LogP contribution in [0.1, 0.15) is 5.56 Å². The van der Waals surface area contributed by atoms with E-state index in [2.05, 4.69) is 10.3 Å². The minimum absolute atomic E-state index is 0.00842. The average Bonchev–Trinajstić information content (AvgIpc) is 3.09. The number of carboxylic acids is 1. The van der Waals surface area contributed by atoms with Crippen molar-refractivity contribution >= 4 is 51.4 Å². The molecule has 0 saturated heterocycles. The number of aliphatic carboxylic acids is 1. The van der Waals surface area contributed by atoms with Crippen molar-refractivity contribution in [2.75, 3.05) is 11.1 Å². The molecule has 0 aliphatic heterocycles. The third kappa shape index (κ3) is 3.92. The van der Waals surface area contributed by atoms with Crippen LogP contribution in [-0.4, -0.2) is 32.3 Å². The van der Waals surface area contributed by atoms with Crippen LogP contribution in [0.2, 0.25) is 0 Å². The molecule has 0 fully saturated rings. The minimum atomic E-state index is -1.19. The molecule has 0 radical (unpaired) electrons. The van der Waals surface area contributed by atoms with Gasteiger partial charge in [0.05, 0.1) is 5.75 Å². The first-order valence-electron chi connectivity index (χ1n) is 9.05. The number of carbonyl (C=O) groups is 2. The Labute approximate surface area is 174 Å². The van der Waals surface area contributed by atoms with Gasteiger partial charge in [0.15, 0.2) is 5.16 Å². The molecule has 0 aliphatic rings. The number of aryl methyl sites for hydroxylation is 1. The van der Waals surface area contributed by atoms with Crippen LogP contribution in [0, 0.1) is 6.92 Å². The van der Waals surface area contributed by atoms with Crippen LogP contribution < -0.4 is 10.9 Å². The molecule has 4 rings (SSSR count). The number of fused-ring (bicyclic) bond motifs is 3. The molecule has 4 aromatic rings. The van der Waals surface area contributed by atoms with Gasteiger partial charge < -0.3 is 14.8 Å². The lowest BCUT2D eigenvalue weighted by Crippen LogP contribution is -2.27. The highest BCUT2D eigenvalue weighted by molar-refractivity contribution is 7.99. The Kier molecular flexibility index (Phi) is 5.28. The van der Waals surface area contributed by atoms with E-state index in [4.69, 9.17) is 4.42 Å². The molecule has 30 heavy (non-hydrogen) atoms. The van der Waals surface area contributed by atoms with Gasteiger partial charge >= 0.3 is 5.97 Å². The number of thioether (sulfide) groups is 1. The third-order valence-electron chi connectivity index (χ3n) is 4.41. The van der Waals surface area contributed by atoms with Crippen LogP contribution in [0.15, 0.2) is 62.9 Å². The van der Waals surface area contributed by atoms with Gasteiger partial charge in [-0.15, -0.1) is 0 Å². The Morgan fingerprint density at radius 1 is 1.17 bits per heavy atom. The second-order valence-corrected chi connectivity index (χ2v) is 7.60. The normalized spacial score (nSPS) is 11.1. The Hall–Kier alpha value is -3.59. The van der Waals surface area contributed by atoms with Crippen molar-refractivity contribution in [3.8, 4) is 0 Å². The van der Waals surface area contributed by atoms with Crippen LogP contribution in [-0.2, 0) is 16.1 Å². The number of para-hydroxylation sites is 1. The van der Waals surface area contributed by atoms with Crippen LogP contribution >= 0.6 is 11.8 Å². The van der Waals surface area contributed by atoms with Gasteiger partial charge in [-0.25, -0.2) is 4.98 Å². The molecule has 0 atom stereocenters. The molecule has 0 aliphatic carbocycles. The van der Waals surface area contributed by atoms with Crippen molar-refractivity contribution in [2.45, 2.75) is 18.6 Å². The van der Waals surface area contributed by atoms with Crippen LogP contribution in [0.4, 0.5) is 5.69 Å². The summed E-state index contributed by atoms with van der Waals surface area (Å²) in [5, 5.41) is 12.8. The van der Waals surface area contributed by atoms with E-state index in [1.54, 1.807) is 36.4 Å². The fraction of sp³-hybridized carbons (Fsp3) is 0.143. The first kappa shape index (κ1) is 19.7. The van der Waals surface area contributed by atoms with Gasteiger partial charge in [0.2, 0.25) is 11.5 Å². The van der Waals surface area contributed by atoms with Gasteiger partial charge in [0.1, 0.15) is 17.6 Å². The third-order valence-corrected chi connectivity index (χ3v) is 5.38. The van der Waals surface area contributed by atoms with Gasteiger partial charge in [-0.2, -0.15) is 0 Å². The van der Waals surface area contributed by atoms with E-state index in [0.717, 1.165) is 21.9 Å². The second kappa shape index (κ2) is 8.03. The lowest BCUT2D eigenvalue weighted by Gasteiger charge is -2.10. The Balaban J connectivity index is 1.66. The molecule has 0 spiro atoms. The molecule has 8 nitrogen and oxygen atoms in total. The van der Waals surface area contributed by atoms with Gasteiger partial charge in [0, 0.05) is 11.1 Å². The SMILES string of the molecule is Cc1ccc(NC(=O)CSc2nc3c(oc4ccccc43)c(=O)n2CC(=O)O)cc1. The van der Waals surface area contributed by atoms with Crippen molar-refractivity contribution < 1.29 is 19.1 Å². The van der Waals surface area contributed by atoms with Gasteiger partial charge in [-0.3, -0.25) is 19.0 Å². The fourth-order valence-corrected chi connectivity index (χ4v) is 3.79. The van der Waals surface area contributed by atoms with Gasteiger partial charge in [0.25, 0.3) is 5.56 Å². The molecule has 2 heterocycles. The Morgan fingerprint density at radius 2 is 1.90 bits per heavy atom. The van der Waals surface area contributed by atoms with Crippen LogP contribution in [0.5, 0.6) is 0 Å². The van der Waals surface area contributed by atoms with E-state index in [0.29, 0.717) is 22.2 Å². The molecule has 1 amide bonds. The number of hydrogen-bond acceptors (Lipinski definition) is 6. The number of carboxylic acid groups (broad SMARTS) is 1. The molecule has 2 aromatic heterocycles. The highest BCUT2D eigenvalue weighted by Crippen LogP contribution is 2.27. The molecule has 2 N–H and O–H groups in total. The van der Waals surface area contributed by atoms with Crippen molar-refractivity contribution in [2.24, 2.45) is 0 Å². The number of hydrogen-bond donors (Lipinski definition) is 2. The van der Waals surface area contributed by atoms with E-state index in [1.165, 1.54) is 0 Å². The number of benzene rings is 2. The molecular formula is C21H17N3O5S. The standard InChI is InChI=1S/C21H17N3O5S/c1-12-6-8-13(9-7-12)22-16(25)11-30-21-23-18-14-4-2-3-5-15(14)29-19(18)20(28)24(21)10-17(26)27/h2-9H,10-11H2,1H3,(H,22,25)(H,26,27). The number of rotatable bonds is 6. The van der Waals surface area contributed by atoms with Crippen LogP contribution in [0.25, 0.3) is 22.1 Å². The maximum Gasteiger partial charge on any atom is 0.323 e. The lowest BCUT2D eigenvalue weighted by atomic mass is 10.2. The molecule has 0 unspecified atom stereocenters. The summed E-state index contributed by atoms with van der Waals surface area (Å²) >= 11 is 0.995. The summed E-state index contributed by atoms with van der Waals surface area (Å²) in [4.78, 5) is 40.9. The summed E-state index contributed by atoms with van der Waals surface area (Å²) in [7, 11) is 0. The van der Waals surface area contributed by atoms with Crippen molar-refractivity contribution in [1.82, 2.24) is 9.55 Å². The van der Waals surface area contributed by atoms with Crippen LogP contribution in [0.3, 0.4) is 0 Å². The summed E-state index contributed by atoms with van der Waals surface area (Å²) < 4.78 is 6.61. The Morgan fingerprint density at radius 3 is 2.63 bits per heavy atom. The molecular weight excluding hydrogens is 406 g/mol. The zero-order chi connectivity index (χ0) is 21.3. The van der Waals surface area contributed by atoms with Gasteiger partial charge in [-0.05, 0) is 31.2 Å². The summed E-state index contributed by atoms with van der Waals surface area (Å²) in [5.74, 6) is -1.53. The number of nitrogens with one attached hydrogen (secondary N) is 1. The largest absolute Gasteiger partial charge is 0.480 e. The summed E-state index contributed by atoms with van der Waals surface area (Å²) in [5.41, 5.74) is 1.95. The van der Waals surface area contributed by atoms with E-state index < -0.39 is 18.1 Å².